The van der Waals surface area contributed by atoms with Crippen molar-refractivity contribution in [3.8, 4) is 0 Å². The molecule has 84 valence electrons. The van der Waals surface area contributed by atoms with Gasteiger partial charge in [0.05, 0.1) is 0 Å². The fraction of sp³-hybridized carbons (Fsp3) is 1.00. The lowest BCUT2D eigenvalue weighted by molar-refractivity contribution is 0.417. The molecule has 0 heterocycles. The van der Waals surface area contributed by atoms with E-state index in [2.05, 4.69) is 45.3 Å². The van der Waals surface area contributed by atoms with Gasteiger partial charge in [-0.2, -0.15) is 0 Å². The zero-order valence-electron chi connectivity index (χ0n) is 10.4. The molecular weight excluding hydrogens is 172 g/mol. The van der Waals surface area contributed by atoms with Crippen LogP contribution in [0.4, 0.5) is 0 Å². The van der Waals surface area contributed by atoms with Gasteiger partial charge in [0.15, 0.2) is 0 Å². The highest BCUT2D eigenvalue weighted by molar-refractivity contribution is 4.96. The molecule has 2 nitrogen and oxygen atoms in total. The molecule has 0 bridgehead atoms. The molecule has 0 amide bonds. The number of hydrogen-bond acceptors (Lipinski definition) is 2. The molecule has 2 heteroatoms. The molecule has 1 unspecified atom stereocenters. The molecule has 1 atom stereocenters. The van der Waals surface area contributed by atoms with Crippen LogP contribution < -0.4 is 10.6 Å². The van der Waals surface area contributed by atoms with E-state index >= 15 is 0 Å². The van der Waals surface area contributed by atoms with Gasteiger partial charge >= 0.3 is 0 Å². The first-order valence-electron chi connectivity index (χ1n) is 5.77. The molecule has 0 aromatic heterocycles. The third-order valence-corrected chi connectivity index (χ3v) is 3.07. The first kappa shape index (κ1) is 12.0. The van der Waals surface area contributed by atoms with Crippen LogP contribution in [0.25, 0.3) is 0 Å². The van der Waals surface area contributed by atoms with Gasteiger partial charge in [0.25, 0.3) is 0 Å². The summed E-state index contributed by atoms with van der Waals surface area (Å²) in [6.07, 6.45) is 1.40. The van der Waals surface area contributed by atoms with Gasteiger partial charge in [-0.3, -0.25) is 0 Å². The van der Waals surface area contributed by atoms with Gasteiger partial charge in [0, 0.05) is 18.6 Å². The Balaban J connectivity index is 1.91. The SMILES string of the molecule is CC(C)(C)NCCNCC1CC1(C)C. The summed E-state index contributed by atoms with van der Waals surface area (Å²) in [6, 6.07) is 0. The summed E-state index contributed by atoms with van der Waals surface area (Å²) >= 11 is 0. The van der Waals surface area contributed by atoms with Crippen molar-refractivity contribution in [2.45, 2.75) is 46.6 Å². The van der Waals surface area contributed by atoms with Gasteiger partial charge in [-0.25, -0.2) is 0 Å². The molecule has 0 aromatic rings. The van der Waals surface area contributed by atoms with Gasteiger partial charge in [-0.05, 0) is 45.1 Å². The summed E-state index contributed by atoms with van der Waals surface area (Å²) < 4.78 is 0. The molecule has 1 rings (SSSR count). The average molecular weight is 198 g/mol. The van der Waals surface area contributed by atoms with Crippen molar-refractivity contribution in [1.29, 1.82) is 0 Å². The topological polar surface area (TPSA) is 24.1 Å². The Bertz CT molecular complexity index is 179. The monoisotopic (exact) mass is 198 g/mol. The van der Waals surface area contributed by atoms with E-state index in [0.29, 0.717) is 5.41 Å². The van der Waals surface area contributed by atoms with Crippen LogP contribution in [0.2, 0.25) is 0 Å². The van der Waals surface area contributed by atoms with E-state index in [1.165, 1.54) is 13.0 Å². The van der Waals surface area contributed by atoms with E-state index in [4.69, 9.17) is 0 Å². The highest BCUT2D eigenvalue weighted by Gasteiger charge is 2.44. The van der Waals surface area contributed by atoms with E-state index in [0.717, 1.165) is 19.0 Å². The van der Waals surface area contributed by atoms with E-state index in [-0.39, 0.29) is 5.54 Å². The van der Waals surface area contributed by atoms with E-state index < -0.39 is 0 Å². The number of nitrogens with one attached hydrogen (secondary N) is 2. The van der Waals surface area contributed by atoms with Crippen LogP contribution in [-0.2, 0) is 0 Å². The summed E-state index contributed by atoms with van der Waals surface area (Å²) in [7, 11) is 0. The lowest BCUT2D eigenvalue weighted by atomic mass is 10.1. The van der Waals surface area contributed by atoms with Crippen LogP contribution in [0.5, 0.6) is 0 Å². The molecule has 1 aliphatic carbocycles. The molecule has 14 heavy (non-hydrogen) atoms. The van der Waals surface area contributed by atoms with Crippen LogP contribution in [0.3, 0.4) is 0 Å². The Hall–Kier alpha value is -0.0800. The molecule has 2 N–H and O–H groups in total. The lowest BCUT2D eigenvalue weighted by Crippen LogP contribution is -2.40. The van der Waals surface area contributed by atoms with Crippen molar-refractivity contribution in [1.82, 2.24) is 10.6 Å². The van der Waals surface area contributed by atoms with Crippen molar-refractivity contribution in [2.75, 3.05) is 19.6 Å². The van der Waals surface area contributed by atoms with Crippen molar-refractivity contribution >= 4 is 0 Å². The van der Waals surface area contributed by atoms with Gasteiger partial charge in [-0.15, -0.1) is 0 Å². The van der Waals surface area contributed by atoms with Crippen LogP contribution in [0.1, 0.15) is 41.0 Å². The second-order valence-corrected chi connectivity index (χ2v) is 6.27. The Labute approximate surface area is 88.8 Å². The number of rotatable bonds is 5. The third-order valence-electron chi connectivity index (χ3n) is 3.07. The minimum Gasteiger partial charge on any atom is -0.315 e. The Morgan fingerprint density at radius 1 is 1.21 bits per heavy atom. The molecular formula is C12H26N2. The van der Waals surface area contributed by atoms with Crippen molar-refractivity contribution in [2.24, 2.45) is 11.3 Å². The average Bonchev–Trinajstić information content (AvgIpc) is 2.56. The summed E-state index contributed by atoms with van der Waals surface area (Å²) in [5.74, 6) is 0.914. The molecule has 0 saturated heterocycles. The predicted octanol–water partition coefficient (Wildman–Crippen LogP) is 2.01. The molecule has 1 fully saturated rings. The van der Waals surface area contributed by atoms with Gasteiger partial charge in [0.2, 0.25) is 0 Å². The summed E-state index contributed by atoms with van der Waals surface area (Å²) in [5, 5.41) is 6.99. The number of hydrogen-bond donors (Lipinski definition) is 2. The molecule has 1 saturated carbocycles. The van der Waals surface area contributed by atoms with Crippen LogP contribution in [0.15, 0.2) is 0 Å². The van der Waals surface area contributed by atoms with Gasteiger partial charge in [-0.1, -0.05) is 13.8 Å². The zero-order valence-corrected chi connectivity index (χ0v) is 10.4. The molecule has 1 aliphatic rings. The normalized spacial score (nSPS) is 25.1. The van der Waals surface area contributed by atoms with Crippen molar-refractivity contribution in [3.05, 3.63) is 0 Å². The molecule has 0 spiro atoms. The lowest BCUT2D eigenvalue weighted by Gasteiger charge is -2.20. The van der Waals surface area contributed by atoms with Crippen LogP contribution in [-0.4, -0.2) is 25.2 Å². The van der Waals surface area contributed by atoms with Gasteiger partial charge in [0.1, 0.15) is 0 Å². The largest absolute Gasteiger partial charge is 0.315 e. The second kappa shape index (κ2) is 4.19. The Morgan fingerprint density at radius 2 is 1.79 bits per heavy atom. The van der Waals surface area contributed by atoms with Gasteiger partial charge < -0.3 is 10.6 Å². The Kier molecular flexibility index (Phi) is 3.59. The van der Waals surface area contributed by atoms with Crippen molar-refractivity contribution < 1.29 is 0 Å². The first-order chi connectivity index (χ1) is 6.31. The van der Waals surface area contributed by atoms with E-state index in [9.17, 15) is 0 Å². The minimum absolute atomic E-state index is 0.251. The first-order valence-corrected chi connectivity index (χ1v) is 5.77. The maximum Gasteiger partial charge on any atom is 0.00970 e. The van der Waals surface area contributed by atoms with Crippen LogP contribution >= 0.6 is 0 Å². The fourth-order valence-electron chi connectivity index (χ4n) is 1.73. The molecule has 0 radical (unpaired) electrons. The summed E-state index contributed by atoms with van der Waals surface area (Å²) in [6.45, 7) is 14.7. The quantitative estimate of drug-likeness (QED) is 0.660. The minimum atomic E-state index is 0.251. The predicted molar refractivity (Wildman–Crippen MR) is 62.5 cm³/mol. The van der Waals surface area contributed by atoms with E-state index in [1.807, 2.05) is 0 Å². The highest BCUT2D eigenvalue weighted by atomic mass is 15.0. The highest BCUT2D eigenvalue weighted by Crippen LogP contribution is 2.50. The smallest absolute Gasteiger partial charge is 0.00970 e. The molecule has 0 aliphatic heterocycles. The zero-order chi connectivity index (χ0) is 10.8. The maximum atomic E-state index is 3.51. The van der Waals surface area contributed by atoms with Crippen molar-refractivity contribution in [3.63, 3.8) is 0 Å². The maximum absolute atomic E-state index is 3.51. The third kappa shape index (κ3) is 4.43. The summed E-state index contributed by atoms with van der Waals surface area (Å²) in [5.41, 5.74) is 0.866. The molecule has 0 aromatic carbocycles. The van der Waals surface area contributed by atoms with Crippen LogP contribution in [0, 0.1) is 11.3 Å². The fourth-order valence-corrected chi connectivity index (χ4v) is 1.73. The standard InChI is InChI=1S/C12H26N2/c1-11(2,3)14-7-6-13-9-10-8-12(10,4)5/h10,13-14H,6-9H2,1-5H3. The Morgan fingerprint density at radius 3 is 2.21 bits per heavy atom. The van der Waals surface area contributed by atoms with E-state index in [1.54, 1.807) is 0 Å². The summed E-state index contributed by atoms with van der Waals surface area (Å²) in [4.78, 5) is 0. The second-order valence-electron chi connectivity index (χ2n) is 6.27.